The third-order valence-electron chi connectivity index (χ3n) is 4.83. The smallest absolute Gasteiger partial charge is 0.334 e. The summed E-state index contributed by atoms with van der Waals surface area (Å²) in [6.07, 6.45) is -1.55. The van der Waals surface area contributed by atoms with Gasteiger partial charge in [-0.1, -0.05) is 41.9 Å². The maximum Gasteiger partial charge on any atom is 0.334 e. The van der Waals surface area contributed by atoms with Gasteiger partial charge in [0.2, 0.25) is 0 Å². The van der Waals surface area contributed by atoms with Crippen LogP contribution < -0.4 is 5.32 Å². The highest BCUT2D eigenvalue weighted by molar-refractivity contribution is 6.31. The minimum absolute atomic E-state index is 0.183. The van der Waals surface area contributed by atoms with Gasteiger partial charge in [-0.25, -0.2) is 9.48 Å². The molecule has 0 aliphatic carbocycles. The Balaban J connectivity index is 1.78. The fourth-order valence-electron chi connectivity index (χ4n) is 3.16. The van der Waals surface area contributed by atoms with Crippen molar-refractivity contribution in [3.8, 4) is 5.69 Å². The summed E-state index contributed by atoms with van der Waals surface area (Å²) in [6, 6.07) is 14.8. The summed E-state index contributed by atoms with van der Waals surface area (Å²) in [5, 5.41) is 26.9. The average Bonchev–Trinajstić information content (AvgIpc) is 3.00. The Morgan fingerprint density at radius 2 is 1.73 bits per heavy atom. The first-order chi connectivity index (χ1) is 14.3. The number of rotatable bonds is 7. The van der Waals surface area contributed by atoms with Crippen molar-refractivity contribution in [3.05, 3.63) is 82.1 Å². The van der Waals surface area contributed by atoms with Gasteiger partial charge >= 0.3 is 5.97 Å². The normalized spacial score (nSPS) is 12.9. The third kappa shape index (κ3) is 4.69. The number of aromatic nitrogens is 2. The van der Waals surface area contributed by atoms with E-state index in [1.54, 1.807) is 28.9 Å². The largest absolute Gasteiger partial charge is 0.479 e. The first-order valence-electron chi connectivity index (χ1n) is 9.35. The van der Waals surface area contributed by atoms with Crippen LogP contribution in [0.15, 0.2) is 54.6 Å². The number of hydrogen-bond donors (Lipinski definition) is 3. The number of aliphatic carboxylic acids is 1. The van der Waals surface area contributed by atoms with E-state index < -0.39 is 24.0 Å². The summed E-state index contributed by atoms with van der Waals surface area (Å²) in [4.78, 5) is 24.0. The Hall–Kier alpha value is -3.16. The first kappa shape index (κ1) is 21.5. The van der Waals surface area contributed by atoms with E-state index >= 15 is 0 Å². The van der Waals surface area contributed by atoms with Crippen LogP contribution in [0.5, 0.6) is 0 Å². The molecule has 0 unspecified atom stereocenters. The van der Waals surface area contributed by atoms with Crippen LogP contribution in [0.2, 0.25) is 5.02 Å². The molecule has 7 nitrogen and oxygen atoms in total. The molecule has 8 heteroatoms. The molecule has 1 amide bonds. The summed E-state index contributed by atoms with van der Waals surface area (Å²) < 4.78 is 1.69. The first-order valence-corrected chi connectivity index (χ1v) is 9.73. The molecular formula is C22H22ClN3O4. The summed E-state index contributed by atoms with van der Waals surface area (Å²) in [5.74, 6) is -1.87. The molecule has 30 heavy (non-hydrogen) atoms. The molecule has 0 bridgehead atoms. The van der Waals surface area contributed by atoms with Crippen LogP contribution in [0.1, 0.15) is 27.3 Å². The van der Waals surface area contributed by atoms with Crippen molar-refractivity contribution < 1.29 is 19.8 Å². The highest BCUT2D eigenvalue weighted by Gasteiger charge is 2.28. The number of amides is 1. The van der Waals surface area contributed by atoms with Gasteiger partial charge in [-0.2, -0.15) is 5.10 Å². The van der Waals surface area contributed by atoms with Crippen LogP contribution in [0, 0.1) is 13.8 Å². The predicted molar refractivity (Wildman–Crippen MR) is 113 cm³/mol. The van der Waals surface area contributed by atoms with E-state index in [9.17, 15) is 19.8 Å². The quantitative estimate of drug-likeness (QED) is 0.537. The number of halogens is 1. The molecule has 0 saturated heterocycles. The number of aliphatic hydroxyl groups excluding tert-OH is 1. The van der Waals surface area contributed by atoms with E-state index in [1.807, 2.05) is 44.2 Å². The lowest BCUT2D eigenvalue weighted by molar-refractivity contribution is -0.148. The Morgan fingerprint density at radius 3 is 2.27 bits per heavy atom. The van der Waals surface area contributed by atoms with Crippen molar-refractivity contribution in [2.24, 2.45) is 0 Å². The van der Waals surface area contributed by atoms with E-state index in [-0.39, 0.29) is 6.42 Å². The molecular weight excluding hydrogens is 406 g/mol. The minimum Gasteiger partial charge on any atom is -0.479 e. The van der Waals surface area contributed by atoms with E-state index in [0.29, 0.717) is 16.3 Å². The SMILES string of the molecule is Cc1nn(-c2ccc(C(=O)N[C@H](Cc3ccccc3)[C@@H](O)C(=O)O)cc2)c(C)c1Cl. The molecule has 0 fully saturated rings. The lowest BCUT2D eigenvalue weighted by atomic mass is 10.0. The van der Waals surface area contributed by atoms with Crippen LogP contribution in [-0.2, 0) is 11.2 Å². The van der Waals surface area contributed by atoms with Crippen molar-refractivity contribution in [1.29, 1.82) is 0 Å². The Morgan fingerprint density at radius 1 is 1.10 bits per heavy atom. The second-order valence-corrected chi connectivity index (χ2v) is 7.37. The second kappa shape index (κ2) is 9.11. The monoisotopic (exact) mass is 427 g/mol. The van der Waals surface area contributed by atoms with Gasteiger partial charge in [0.25, 0.3) is 5.91 Å². The molecule has 1 heterocycles. The lowest BCUT2D eigenvalue weighted by Crippen LogP contribution is -2.48. The van der Waals surface area contributed by atoms with Gasteiger partial charge in [0.05, 0.1) is 28.1 Å². The number of hydrogen-bond acceptors (Lipinski definition) is 4. The van der Waals surface area contributed by atoms with E-state index in [0.717, 1.165) is 16.9 Å². The standard InChI is InChI=1S/C22H22ClN3O4/c1-13-19(23)14(2)26(25-13)17-10-8-16(9-11-17)21(28)24-18(20(27)22(29)30)12-15-6-4-3-5-7-15/h3-11,18,20,27H,12H2,1-2H3,(H,24,28)(H,29,30)/t18-,20-/m1/s1. The number of nitrogens with one attached hydrogen (secondary N) is 1. The van der Waals surface area contributed by atoms with Gasteiger partial charge in [0.1, 0.15) is 0 Å². The van der Waals surface area contributed by atoms with Crippen molar-refractivity contribution in [1.82, 2.24) is 15.1 Å². The number of carbonyl (C=O) groups is 2. The summed E-state index contributed by atoms with van der Waals surface area (Å²) in [5.41, 5.74) is 3.38. The number of aryl methyl sites for hydroxylation is 1. The Bertz CT molecular complexity index is 1050. The fourth-order valence-corrected chi connectivity index (χ4v) is 3.28. The highest BCUT2D eigenvalue weighted by atomic mass is 35.5. The van der Waals surface area contributed by atoms with Gasteiger partial charge in [-0.3, -0.25) is 4.79 Å². The summed E-state index contributed by atoms with van der Waals surface area (Å²) >= 11 is 6.19. The van der Waals surface area contributed by atoms with Gasteiger partial charge in [0.15, 0.2) is 6.10 Å². The van der Waals surface area contributed by atoms with Crippen LogP contribution in [0.3, 0.4) is 0 Å². The molecule has 156 valence electrons. The molecule has 0 radical (unpaired) electrons. The predicted octanol–water partition coefficient (Wildman–Crippen LogP) is 2.93. The zero-order valence-electron chi connectivity index (χ0n) is 16.5. The van der Waals surface area contributed by atoms with Gasteiger partial charge in [0, 0.05) is 5.56 Å². The second-order valence-electron chi connectivity index (χ2n) is 7.00. The number of benzene rings is 2. The summed E-state index contributed by atoms with van der Waals surface area (Å²) in [7, 11) is 0. The zero-order chi connectivity index (χ0) is 21.8. The van der Waals surface area contributed by atoms with E-state index in [2.05, 4.69) is 10.4 Å². The number of carbonyl (C=O) groups excluding carboxylic acids is 1. The topological polar surface area (TPSA) is 104 Å². The zero-order valence-corrected chi connectivity index (χ0v) is 17.3. The van der Waals surface area contributed by atoms with Crippen molar-refractivity contribution in [2.45, 2.75) is 32.4 Å². The molecule has 0 aliphatic heterocycles. The number of carboxylic acids is 1. The fraction of sp³-hybridized carbons (Fsp3) is 0.227. The van der Waals surface area contributed by atoms with Crippen LogP contribution in [-0.4, -0.2) is 44.0 Å². The molecule has 0 saturated carbocycles. The average molecular weight is 428 g/mol. The third-order valence-corrected chi connectivity index (χ3v) is 5.37. The number of carboxylic acid groups (broad SMARTS) is 1. The minimum atomic E-state index is -1.73. The van der Waals surface area contributed by atoms with Crippen molar-refractivity contribution in [3.63, 3.8) is 0 Å². The van der Waals surface area contributed by atoms with Gasteiger partial charge < -0.3 is 15.5 Å². The van der Waals surface area contributed by atoms with Crippen LogP contribution in [0.25, 0.3) is 5.69 Å². The number of aliphatic hydroxyl groups is 1. The molecule has 3 rings (SSSR count). The van der Waals surface area contributed by atoms with Crippen molar-refractivity contribution >= 4 is 23.5 Å². The van der Waals surface area contributed by atoms with E-state index in [4.69, 9.17) is 11.6 Å². The Labute approximate surface area is 178 Å². The number of nitrogens with zero attached hydrogens (tertiary/aromatic N) is 2. The summed E-state index contributed by atoms with van der Waals surface area (Å²) in [6.45, 7) is 3.67. The molecule has 3 N–H and O–H groups in total. The van der Waals surface area contributed by atoms with Gasteiger partial charge in [-0.05, 0) is 50.1 Å². The molecule has 2 atom stereocenters. The molecule has 1 aromatic heterocycles. The molecule has 2 aromatic carbocycles. The van der Waals surface area contributed by atoms with Crippen molar-refractivity contribution in [2.75, 3.05) is 0 Å². The lowest BCUT2D eigenvalue weighted by Gasteiger charge is -2.22. The maximum absolute atomic E-state index is 12.7. The molecule has 0 aliphatic rings. The van der Waals surface area contributed by atoms with Crippen LogP contribution >= 0.6 is 11.6 Å². The van der Waals surface area contributed by atoms with Gasteiger partial charge in [-0.15, -0.1) is 0 Å². The highest BCUT2D eigenvalue weighted by Crippen LogP contribution is 2.22. The van der Waals surface area contributed by atoms with Crippen LogP contribution in [0.4, 0.5) is 0 Å². The Kier molecular flexibility index (Phi) is 6.54. The van der Waals surface area contributed by atoms with E-state index in [1.165, 1.54) is 0 Å². The maximum atomic E-state index is 12.7. The molecule has 3 aromatic rings. The molecule has 0 spiro atoms.